The van der Waals surface area contributed by atoms with E-state index in [1.165, 1.54) is 24.3 Å². The predicted octanol–water partition coefficient (Wildman–Crippen LogP) is 0.582. The summed E-state index contributed by atoms with van der Waals surface area (Å²) in [6.45, 7) is 3.62. The number of ether oxygens (including phenoxy) is 1. The van der Waals surface area contributed by atoms with Crippen LogP contribution in [0, 0.1) is 0 Å². The molecule has 15 heavy (non-hydrogen) atoms. The van der Waals surface area contributed by atoms with Crippen molar-refractivity contribution in [2.24, 2.45) is 0 Å². The zero-order valence-electron chi connectivity index (χ0n) is 7.38. The van der Waals surface area contributed by atoms with Crippen LogP contribution in [0.15, 0.2) is 41.8 Å². The molecule has 0 aliphatic carbocycles. The molecule has 0 atom stereocenters. The van der Waals surface area contributed by atoms with Gasteiger partial charge in [0.05, 0.1) is 0 Å². The van der Waals surface area contributed by atoms with Gasteiger partial charge in [-0.2, -0.15) is 8.42 Å². The van der Waals surface area contributed by atoms with E-state index >= 15 is 0 Å². The van der Waals surface area contributed by atoms with Crippen LogP contribution >= 0.6 is 0 Å². The van der Waals surface area contributed by atoms with Gasteiger partial charge in [-0.15, -0.1) is 0 Å². The zero-order chi connectivity index (χ0) is 10.6. The van der Waals surface area contributed by atoms with Crippen molar-refractivity contribution in [1.29, 1.82) is 0 Å². The van der Waals surface area contributed by atoms with Gasteiger partial charge in [-0.25, -0.2) is 0 Å². The summed E-state index contributed by atoms with van der Waals surface area (Å²) in [4.78, 5) is -0.234. The summed E-state index contributed by atoms with van der Waals surface area (Å²) in [5.74, 6) is 0.120. The standard InChI is InChI=1S/C9H10O4S.Ca.2H/c1-2-7-13-8-5-3-4-6-9(8)14(10,11)12;;;/h2-6H,1,7H2,(H,10,11,12);;;. The van der Waals surface area contributed by atoms with Crippen LogP contribution in [0.5, 0.6) is 5.75 Å². The molecule has 1 rings (SSSR count). The number of benzene rings is 1. The van der Waals surface area contributed by atoms with Gasteiger partial charge in [0.15, 0.2) is 0 Å². The van der Waals surface area contributed by atoms with Crippen molar-refractivity contribution in [1.82, 2.24) is 0 Å². The molecule has 0 fully saturated rings. The molecule has 80 valence electrons. The van der Waals surface area contributed by atoms with Gasteiger partial charge in [0, 0.05) is 0 Å². The van der Waals surface area contributed by atoms with E-state index in [-0.39, 0.29) is 55.0 Å². The van der Waals surface area contributed by atoms with Gasteiger partial charge < -0.3 is 4.74 Å². The van der Waals surface area contributed by atoms with Gasteiger partial charge in [0.1, 0.15) is 17.3 Å². The van der Waals surface area contributed by atoms with Crippen LogP contribution in [-0.2, 0) is 10.1 Å². The van der Waals surface area contributed by atoms with Crippen molar-refractivity contribution in [3.05, 3.63) is 36.9 Å². The molecule has 0 unspecified atom stereocenters. The summed E-state index contributed by atoms with van der Waals surface area (Å²) in [7, 11) is -4.22. The fraction of sp³-hybridized carbons (Fsp3) is 0.111. The summed E-state index contributed by atoms with van der Waals surface area (Å²) >= 11 is 0. The molecule has 6 heteroatoms. The molecule has 0 aliphatic heterocycles. The number of rotatable bonds is 4. The molecular weight excluding hydrogens is 244 g/mol. The summed E-state index contributed by atoms with van der Waals surface area (Å²) in [5.41, 5.74) is 0. The summed E-state index contributed by atoms with van der Waals surface area (Å²) < 4.78 is 35.6. The zero-order valence-corrected chi connectivity index (χ0v) is 8.20. The predicted molar refractivity (Wildman–Crippen MR) is 60.5 cm³/mol. The number of para-hydroxylation sites is 1. The van der Waals surface area contributed by atoms with Crippen molar-refractivity contribution >= 4 is 47.9 Å². The molecule has 0 saturated heterocycles. The molecule has 1 aromatic rings. The molecular formula is C9H12CaO4S. The van der Waals surface area contributed by atoms with Gasteiger partial charge in [-0.1, -0.05) is 24.8 Å². The Hall–Kier alpha value is -0.0703. The Morgan fingerprint density at radius 3 is 2.53 bits per heavy atom. The molecule has 1 N–H and O–H groups in total. The van der Waals surface area contributed by atoms with E-state index in [1.807, 2.05) is 0 Å². The van der Waals surface area contributed by atoms with Crippen molar-refractivity contribution in [2.45, 2.75) is 4.90 Å². The van der Waals surface area contributed by atoms with Crippen molar-refractivity contribution in [2.75, 3.05) is 6.61 Å². The second-order valence-electron chi connectivity index (χ2n) is 2.52. The third kappa shape index (κ3) is 4.53. The minimum absolute atomic E-state index is 0. The molecule has 1 aromatic carbocycles. The van der Waals surface area contributed by atoms with Crippen LogP contribution in [-0.4, -0.2) is 57.3 Å². The van der Waals surface area contributed by atoms with Gasteiger partial charge in [0.2, 0.25) is 0 Å². The molecule has 0 amide bonds. The summed E-state index contributed by atoms with van der Waals surface area (Å²) in [6.07, 6.45) is 1.49. The van der Waals surface area contributed by atoms with Crippen molar-refractivity contribution in [3.8, 4) is 5.75 Å². The van der Waals surface area contributed by atoms with E-state index in [0.29, 0.717) is 0 Å². The monoisotopic (exact) mass is 256 g/mol. The molecule has 0 bridgehead atoms. The maximum absolute atomic E-state index is 10.9. The van der Waals surface area contributed by atoms with Gasteiger partial charge >= 0.3 is 37.7 Å². The molecule has 0 radical (unpaired) electrons. The number of hydrogen-bond acceptors (Lipinski definition) is 3. The molecule has 0 saturated carbocycles. The average molecular weight is 256 g/mol. The first-order valence-corrected chi connectivity index (χ1v) is 5.30. The third-order valence-electron chi connectivity index (χ3n) is 1.48. The maximum atomic E-state index is 10.9. The van der Waals surface area contributed by atoms with E-state index in [9.17, 15) is 8.42 Å². The molecule has 0 spiro atoms. The Bertz CT molecular complexity index is 427. The Balaban J connectivity index is 0.00000196. The first kappa shape index (κ1) is 14.9. The topological polar surface area (TPSA) is 63.6 Å². The van der Waals surface area contributed by atoms with E-state index in [1.54, 1.807) is 6.07 Å². The summed E-state index contributed by atoms with van der Waals surface area (Å²) in [6, 6.07) is 5.86. The normalized spacial score (nSPS) is 10.2. The fourth-order valence-electron chi connectivity index (χ4n) is 0.931. The second-order valence-corrected chi connectivity index (χ2v) is 3.91. The molecule has 0 aliphatic rings. The van der Waals surface area contributed by atoms with Crippen LogP contribution in [0.2, 0.25) is 0 Å². The van der Waals surface area contributed by atoms with E-state index in [4.69, 9.17) is 9.29 Å². The minimum atomic E-state index is -4.22. The first-order chi connectivity index (χ1) is 6.55. The SMILES string of the molecule is C=CCOc1ccccc1S(=O)(=O)O.[CaH2]. The Kier molecular flexibility index (Phi) is 6.47. The Labute approximate surface area is 119 Å². The molecule has 0 heterocycles. The molecule has 0 aromatic heterocycles. The van der Waals surface area contributed by atoms with Crippen LogP contribution in [0.25, 0.3) is 0 Å². The second kappa shape index (κ2) is 6.50. The first-order valence-electron chi connectivity index (χ1n) is 3.86. The van der Waals surface area contributed by atoms with Crippen molar-refractivity contribution in [3.63, 3.8) is 0 Å². The van der Waals surface area contributed by atoms with E-state index < -0.39 is 10.1 Å². The van der Waals surface area contributed by atoms with E-state index in [0.717, 1.165) is 0 Å². The van der Waals surface area contributed by atoms with Crippen molar-refractivity contribution < 1.29 is 17.7 Å². The number of hydrogen-bond donors (Lipinski definition) is 1. The van der Waals surface area contributed by atoms with Crippen LogP contribution in [0.3, 0.4) is 0 Å². The van der Waals surface area contributed by atoms with Gasteiger partial charge in [-0.3, -0.25) is 4.55 Å². The fourth-order valence-corrected chi connectivity index (χ4v) is 1.56. The van der Waals surface area contributed by atoms with E-state index in [2.05, 4.69) is 6.58 Å². The summed E-state index contributed by atoms with van der Waals surface area (Å²) in [5, 5.41) is 0. The van der Waals surface area contributed by atoms with Gasteiger partial charge in [-0.05, 0) is 12.1 Å². The third-order valence-corrected chi connectivity index (χ3v) is 2.38. The van der Waals surface area contributed by atoms with Crippen LogP contribution in [0.1, 0.15) is 0 Å². The molecule has 4 nitrogen and oxygen atoms in total. The Morgan fingerprint density at radius 1 is 1.40 bits per heavy atom. The quantitative estimate of drug-likeness (QED) is 0.486. The van der Waals surface area contributed by atoms with Gasteiger partial charge in [0.25, 0.3) is 10.1 Å². The van der Waals surface area contributed by atoms with Crippen LogP contribution in [0.4, 0.5) is 0 Å². The van der Waals surface area contributed by atoms with Crippen LogP contribution < -0.4 is 4.74 Å². The average Bonchev–Trinajstić information content (AvgIpc) is 2.14. The Morgan fingerprint density at radius 2 is 2.00 bits per heavy atom.